The number of hydrogen-bond acceptors (Lipinski definition) is 4. The van der Waals surface area contributed by atoms with Gasteiger partial charge < -0.3 is 5.32 Å². The lowest BCUT2D eigenvalue weighted by Gasteiger charge is -2.13. The Hall–Kier alpha value is -3.52. The molecule has 0 unspecified atom stereocenters. The number of halogens is 1. The molecular formula is C22H17BrN4O3. The fourth-order valence-corrected chi connectivity index (χ4v) is 3.43. The third-order valence-electron chi connectivity index (χ3n) is 4.87. The van der Waals surface area contributed by atoms with Gasteiger partial charge in [-0.1, -0.05) is 46.3 Å². The van der Waals surface area contributed by atoms with Gasteiger partial charge >= 0.3 is 5.69 Å². The minimum absolute atomic E-state index is 0.124. The number of amides is 1. The number of anilines is 1. The standard InChI is InChI=1S/C22H17BrN4O3/c1-26-19(12-20(28)27(2)22(26)30)25-21(29)16-11-18(13-7-9-14(23)10-8-13)24-17-6-4-3-5-15(16)17/h3-12H,1-2H3,(H,25,29). The van der Waals surface area contributed by atoms with Crippen molar-refractivity contribution in [1.29, 1.82) is 0 Å². The molecule has 0 saturated heterocycles. The molecule has 150 valence electrons. The molecule has 8 heteroatoms. The summed E-state index contributed by atoms with van der Waals surface area (Å²) < 4.78 is 3.14. The largest absolute Gasteiger partial charge is 0.332 e. The SMILES string of the molecule is Cn1c(NC(=O)c2cc(-c3ccc(Br)cc3)nc3ccccc23)cc(=O)n(C)c1=O. The highest BCUT2D eigenvalue weighted by atomic mass is 79.9. The molecule has 30 heavy (non-hydrogen) atoms. The molecule has 0 radical (unpaired) electrons. The number of carbonyl (C=O) groups is 1. The highest BCUT2D eigenvalue weighted by Gasteiger charge is 2.16. The van der Waals surface area contributed by atoms with E-state index in [1.165, 1.54) is 24.7 Å². The monoisotopic (exact) mass is 464 g/mol. The van der Waals surface area contributed by atoms with Gasteiger partial charge in [-0.2, -0.15) is 0 Å². The minimum Gasteiger partial charge on any atom is -0.308 e. The van der Waals surface area contributed by atoms with E-state index < -0.39 is 17.2 Å². The first-order chi connectivity index (χ1) is 14.3. The second kappa shape index (κ2) is 7.72. The maximum atomic E-state index is 13.2. The van der Waals surface area contributed by atoms with Crippen molar-refractivity contribution in [2.24, 2.45) is 14.1 Å². The summed E-state index contributed by atoms with van der Waals surface area (Å²) in [4.78, 5) is 42.0. The van der Waals surface area contributed by atoms with E-state index in [1.54, 1.807) is 6.07 Å². The van der Waals surface area contributed by atoms with Crippen LogP contribution in [-0.2, 0) is 14.1 Å². The molecule has 0 atom stereocenters. The summed E-state index contributed by atoms with van der Waals surface area (Å²) in [6, 6.07) is 17.9. The van der Waals surface area contributed by atoms with Gasteiger partial charge in [-0.15, -0.1) is 0 Å². The van der Waals surface area contributed by atoms with Crippen LogP contribution in [-0.4, -0.2) is 20.0 Å². The molecule has 2 aromatic heterocycles. The zero-order valence-corrected chi connectivity index (χ0v) is 17.8. The summed E-state index contributed by atoms with van der Waals surface area (Å²) in [5, 5.41) is 3.36. The maximum absolute atomic E-state index is 13.2. The minimum atomic E-state index is -0.520. The number of pyridine rings is 1. The van der Waals surface area contributed by atoms with Crippen LogP contribution in [0.2, 0.25) is 0 Å². The Labute approximate surface area is 179 Å². The van der Waals surface area contributed by atoms with Crippen LogP contribution in [0.25, 0.3) is 22.2 Å². The lowest BCUT2D eigenvalue weighted by Crippen LogP contribution is -2.38. The highest BCUT2D eigenvalue weighted by Crippen LogP contribution is 2.26. The van der Waals surface area contributed by atoms with E-state index in [-0.39, 0.29) is 5.82 Å². The van der Waals surface area contributed by atoms with Crippen LogP contribution < -0.4 is 16.6 Å². The van der Waals surface area contributed by atoms with Gasteiger partial charge in [-0.25, -0.2) is 9.78 Å². The summed E-state index contributed by atoms with van der Waals surface area (Å²) in [7, 11) is 2.88. The summed E-state index contributed by atoms with van der Waals surface area (Å²) in [6.45, 7) is 0. The fraction of sp³-hybridized carbons (Fsp3) is 0.0909. The molecule has 0 saturated carbocycles. The van der Waals surface area contributed by atoms with Crippen LogP contribution in [0, 0.1) is 0 Å². The molecular weight excluding hydrogens is 448 g/mol. The Kier molecular flexibility index (Phi) is 5.09. The van der Waals surface area contributed by atoms with Crippen LogP contribution in [0.5, 0.6) is 0 Å². The number of carbonyl (C=O) groups excluding carboxylic acids is 1. The van der Waals surface area contributed by atoms with Gasteiger partial charge in [-0.3, -0.25) is 18.7 Å². The number of aromatic nitrogens is 3. The third-order valence-corrected chi connectivity index (χ3v) is 5.40. The lowest BCUT2D eigenvalue weighted by molar-refractivity contribution is 0.102. The molecule has 0 aliphatic carbocycles. The smallest absolute Gasteiger partial charge is 0.308 e. The van der Waals surface area contributed by atoms with Gasteiger partial charge in [0.05, 0.1) is 16.8 Å². The Bertz CT molecular complexity index is 1410. The summed E-state index contributed by atoms with van der Waals surface area (Å²) in [5.41, 5.74) is 1.55. The first-order valence-corrected chi connectivity index (χ1v) is 9.88. The first-order valence-electron chi connectivity index (χ1n) is 9.09. The molecule has 0 fully saturated rings. The summed E-state index contributed by atoms with van der Waals surface area (Å²) >= 11 is 3.42. The van der Waals surface area contributed by atoms with E-state index in [9.17, 15) is 14.4 Å². The second-order valence-electron chi connectivity index (χ2n) is 6.80. The summed E-state index contributed by atoms with van der Waals surface area (Å²) in [5.74, 6) is -0.311. The van der Waals surface area contributed by atoms with Crippen LogP contribution in [0.4, 0.5) is 5.82 Å². The van der Waals surface area contributed by atoms with Gasteiger partial charge in [0, 0.05) is 35.6 Å². The van der Waals surface area contributed by atoms with E-state index in [0.717, 1.165) is 14.6 Å². The number of para-hydroxylation sites is 1. The molecule has 0 aliphatic heterocycles. The number of rotatable bonds is 3. The topological polar surface area (TPSA) is 86.0 Å². The average Bonchev–Trinajstić information content (AvgIpc) is 2.75. The zero-order valence-electron chi connectivity index (χ0n) is 16.2. The maximum Gasteiger partial charge on any atom is 0.332 e. The molecule has 1 N–H and O–H groups in total. The molecule has 0 bridgehead atoms. The van der Waals surface area contributed by atoms with Crippen LogP contribution >= 0.6 is 15.9 Å². The van der Waals surface area contributed by atoms with E-state index >= 15 is 0 Å². The molecule has 4 rings (SSSR count). The van der Waals surface area contributed by atoms with Crippen LogP contribution in [0.3, 0.4) is 0 Å². The molecule has 0 spiro atoms. The van der Waals surface area contributed by atoms with Crippen LogP contribution in [0.15, 0.2) is 74.7 Å². The molecule has 2 aromatic carbocycles. The Balaban J connectivity index is 1.84. The Morgan fingerprint density at radius 2 is 1.67 bits per heavy atom. The normalized spacial score (nSPS) is 10.9. The fourth-order valence-electron chi connectivity index (χ4n) is 3.17. The number of benzene rings is 2. The number of fused-ring (bicyclic) bond motifs is 1. The Morgan fingerprint density at radius 3 is 2.40 bits per heavy atom. The van der Waals surface area contributed by atoms with Gasteiger partial charge in [0.2, 0.25) is 0 Å². The lowest BCUT2D eigenvalue weighted by atomic mass is 10.0. The van der Waals surface area contributed by atoms with Crippen molar-refractivity contribution in [1.82, 2.24) is 14.1 Å². The van der Waals surface area contributed by atoms with Crippen molar-refractivity contribution in [2.75, 3.05) is 5.32 Å². The molecule has 2 heterocycles. The van der Waals surface area contributed by atoms with Crippen molar-refractivity contribution in [2.45, 2.75) is 0 Å². The molecule has 7 nitrogen and oxygen atoms in total. The predicted octanol–water partition coefficient (Wildman–Crippen LogP) is 3.31. The number of nitrogens with zero attached hydrogens (tertiary/aromatic N) is 3. The molecule has 0 aliphatic rings. The van der Waals surface area contributed by atoms with Crippen molar-refractivity contribution in [3.8, 4) is 11.3 Å². The van der Waals surface area contributed by atoms with Crippen molar-refractivity contribution >= 4 is 38.6 Å². The third kappa shape index (κ3) is 3.57. The second-order valence-corrected chi connectivity index (χ2v) is 7.72. The first kappa shape index (κ1) is 19.8. The van der Waals surface area contributed by atoms with Gasteiger partial charge in [0.1, 0.15) is 5.82 Å². The highest BCUT2D eigenvalue weighted by molar-refractivity contribution is 9.10. The van der Waals surface area contributed by atoms with Gasteiger partial charge in [-0.05, 0) is 24.3 Å². The average molecular weight is 465 g/mol. The summed E-state index contributed by atoms with van der Waals surface area (Å²) in [6.07, 6.45) is 0. The van der Waals surface area contributed by atoms with Gasteiger partial charge in [0.15, 0.2) is 0 Å². The van der Waals surface area contributed by atoms with Crippen molar-refractivity contribution in [3.05, 3.63) is 91.5 Å². The Morgan fingerprint density at radius 1 is 0.967 bits per heavy atom. The van der Waals surface area contributed by atoms with Crippen molar-refractivity contribution in [3.63, 3.8) is 0 Å². The predicted molar refractivity (Wildman–Crippen MR) is 120 cm³/mol. The van der Waals surface area contributed by atoms with E-state index in [2.05, 4.69) is 26.2 Å². The van der Waals surface area contributed by atoms with E-state index in [4.69, 9.17) is 0 Å². The molecule has 4 aromatic rings. The quantitative estimate of drug-likeness (QED) is 0.503. The number of nitrogens with one attached hydrogen (secondary N) is 1. The van der Waals surface area contributed by atoms with Crippen LogP contribution in [0.1, 0.15) is 10.4 Å². The van der Waals surface area contributed by atoms with Gasteiger partial charge in [0.25, 0.3) is 11.5 Å². The molecule has 1 amide bonds. The van der Waals surface area contributed by atoms with Crippen molar-refractivity contribution < 1.29 is 4.79 Å². The number of hydrogen-bond donors (Lipinski definition) is 1. The zero-order chi connectivity index (χ0) is 21.4. The van der Waals surface area contributed by atoms with E-state index in [0.29, 0.717) is 22.2 Å². The van der Waals surface area contributed by atoms with E-state index in [1.807, 2.05) is 48.5 Å².